The monoisotopic (exact) mass is 190 g/mol. The number of fused-ring (bicyclic) bond motifs is 1. The minimum Gasteiger partial charge on any atom is -0.454 e. The van der Waals surface area contributed by atoms with E-state index in [-0.39, 0.29) is 12.1 Å². The first-order valence-corrected chi connectivity index (χ1v) is 4.98. The molecule has 1 aliphatic rings. The van der Waals surface area contributed by atoms with Gasteiger partial charge in [-0.05, 0) is 18.4 Å². The molecule has 1 atom stereocenters. The maximum absolute atomic E-state index is 11.4. The summed E-state index contributed by atoms with van der Waals surface area (Å²) in [4.78, 5) is 11.4. The molecule has 1 heterocycles. The van der Waals surface area contributed by atoms with Gasteiger partial charge in [0.05, 0.1) is 5.56 Å². The number of carbonyl (C=O) groups excluding carboxylic acids is 1. The molecule has 0 radical (unpaired) electrons. The fraction of sp³-hybridized carbons (Fsp3) is 0.417. The minimum absolute atomic E-state index is 0.0290. The van der Waals surface area contributed by atoms with E-state index in [0.717, 1.165) is 17.5 Å². The van der Waals surface area contributed by atoms with Crippen LogP contribution in [0.3, 0.4) is 0 Å². The maximum Gasteiger partial charge on any atom is 0.339 e. The van der Waals surface area contributed by atoms with Gasteiger partial charge in [0.2, 0.25) is 0 Å². The predicted molar refractivity (Wildman–Crippen MR) is 54.1 cm³/mol. The fourth-order valence-electron chi connectivity index (χ4n) is 1.82. The maximum atomic E-state index is 11.4. The number of rotatable bonds is 2. The van der Waals surface area contributed by atoms with Crippen molar-refractivity contribution in [1.29, 1.82) is 0 Å². The Morgan fingerprint density at radius 1 is 1.36 bits per heavy atom. The van der Waals surface area contributed by atoms with Crippen molar-refractivity contribution in [1.82, 2.24) is 0 Å². The summed E-state index contributed by atoms with van der Waals surface area (Å²) in [7, 11) is 0. The quantitative estimate of drug-likeness (QED) is 0.670. The molecule has 1 aromatic rings. The highest BCUT2D eigenvalue weighted by Gasteiger charge is 2.30. The largest absolute Gasteiger partial charge is 0.454 e. The normalized spacial score (nSPS) is 19.6. The fourth-order valence-corrected chi connectivity index (χ4v) is 1.82. The zero-order valence-electron chi connectivity index (χ0n) is 8.49. The van der Waals surface area contributed by atoms with Crippen molar-refractivity contribution in [3.8, 4) is 0 Å². The molecule has 1 unspecified atom stereocenters. The van der Waals surface area contributed by atoms with Crippen molar-refractivity contribution >= 4 is 5.97 Å². The van der Waals surface area contributed by atoms with Crippen molar-refractivity contribution in [3.05, 3.63) is 35.4 Å². The zero-order chi connectivity index (χ0) is 10.1. The number of ether oxygens (including phenoxy) is 1. The molecule has 1 aromatic carbocycles. The predicted octanol–water partition coefficient (Wildman–Crippen LogP) is 2.94. The number of benzene rings is 1. The first kappa shape index (κ1) is 9.25. The van der Waals surface area contributed by atoms with Crippen LogP contribution < -0.4 is 0 Å². The Hall–Kier alpha value is -1.31. The highest BCUT2D eigenvalue weighted by molar-refractivity contribution is 5.93. The Balaban J connectivity index is 2.30. The van der Waals surface area contributed by atoms with Gasteiger partial charge in [-0.15, -0.1) is 0 Å². The van der Waals surface area contributed by atoms with E-state index in [1.165, 1.54) is 0 Å². The molecule has 74 valence electrons. The van der Waals surface area contributed by atoms with Crippen molar-refractivity contribution in [2.45, 2.75) is 26.4 Å². The lowest BCUT2D eigenvalue weighted by Gasteiger charge is -2.12. The second kappa shape index (κ2) is 3.45. The van der Waals surface area contributed by atoms with Gasteiger partial charge in [0, 0.05) is 5.56 Å². The molecular weight excluding hydrogens is 176 g/mol. The number of carbonyl (C=O) groups is 1. The van der Waals surface area contributed by atoms with Crippen LogP contribution in [0.15, 0.2) is 24.3 Å². The second-order valence-corrected chi connectivity index (χ2v) is 4.11. The van der Waals surface area contributed by atoms with Crippen molar-refractivity contribution < 1.29 is 9.53 Å². The van der Waals surface area contributed by atoms with Gasteiger partial charge < -0.3 is 4.74 Å². The average Bonchev–Trinajstić information content (AvgIpc) is 2.44. The Bertz CT molecular complexity index is 355. The summed E-state index contributed by atoms with van der Waals surface area (Å²) in [5.74, 6) is 0.366. The third-order valence-electron chi connectivity index (χ3n) is 2.46. The number of cyclic esters (lactones) is 1. The van der Waals surface area contributed by atoms with E-state index in [1.807, 2.05) is 24.3 Å². The van der Waals surface area contributed by atoms with E-state index in [1.54, 1.807) is 0 Å². The van der Waals surface area contributed by atoms with Crippen molar-refractivity contribution in [2.75, 3.05) is 0 Å². The second-order valence-electron chi connectivity index (χ2n) is 4.11. The zero-order valence-corrected chi connectivity index (χ0v) is 8.49. The van der Waals surface area contributed by atoms with Crippen LogP contribution in [0.5, 0.6) is 0 Å². The summed E-state index contributed by atoms with van der Waals surface area (Å²) < 4.78 is 5.30. The molecule has 0 bridgehead atoms. The molecule has 0 amide bonds. The van der Waals surface area contributed by atoms with Gasteiger partial charge in [-0.25, -0.2) is 4.79 Å². The molecule has 2 nitrogen and oxygen atoms in total. The highest BCUT2D eigenvalue weighted by Crippen LogP contribution is 2.34. The van der Waals surface area contributed by atoms with Crippen molar-refractivity contribution in [2.24, 2.45) is 5.92 Å². The van der Waals surface area contributed by atoms with E-state index < -0.39 is 0 Å². The van der Waals surface area contributed by atoms with Crippen LogP contribution in [0.4, 0.5) is 0 Å². The first-order valence-electron chi connectivity index (χ1n) is 4.98. The molecular formula is C12H14O2. The van der Waals surface area contributed by atoms with Crippen LogP contribution >= 0.6 is 0 Å². The summed E-state index contributed by atoms with van der Waals surface area (Å²) in [6.07, 6.45) is 0.877. The molecule has 2 rings (SSSR count). The van der Waals surface area contributed by atoms with E-state index in [9.17, 15) is 4.79 Å². The van der Waals surface area contributed by atoms with E-state index >= 15 is 0 Å². The molecule has 0 saturated heterocycles. The number of esters is 1. The summed E-state index contributed by atoms with van der Waals surface area (Å²) in [6.45, 7) is 4.27. The molecule has 1 aliphatic heterocycles. The van der Waals surface area contributed by atoms with Gasteiger partial charge in [0.15, 0.2) is 0 Å². The van der Waals surface area contributed by atoms with Gasteiger partial charge in [-0.2, -0.15) is 0 Å². The van der Waals surface area contributed by atoms with Crippen LogP contribution in [0, 0.1) is 5.92 Å². The molecule has 0 aromatic heterocycles. The molecule has 0 aliphatic carbocycles. The smallest absolute Gasteiger partial charge is 0.339 e. The number of hydrogen-bond acceptors (Lipinski definition) is 2. The summed E-state index contributed by atoms with van der Waals surface area (Å²) in [6, 6.07) is 7.64. The molecule has 2 heteroatoms. The van der Waals surface area contributed by atoms with E-state index in [2.05, 4.69) is 13.8 Å². The standard InChI is InChI=1S/C12H14O2/c1-8(2)7-11-9-5-3-4-6-10(9)12(13)14-11/h3-6,8,11H,7H2,1-2H3. The van der Waals surface area contributed by atoms with E-state index in [0.29, 0.717) is 5.92 Å². The van der Waals surface area contributed by atoms with Gasteiger partial charge >= 0.3 is 5.97 Å². The Labute approximate surface area is 83.9 Å². The van der Waals surface area contributed by atoms with Crippen LogP contribution in [0.2, 0.25) is 0 Å². The Morgan fingerprint density at radius 2 is 2.07 bits per heavy atom. The van der Waals surface area contributed by atoms with E-state index in [4.69, 9.17) is 4.74 Å². The van der Waals surface area contributed by atoms with Crippen LogP contribution in [-0.4, -0.2) is 5.97 Å². The molecule has 0 N–H and O–H groups in total. The minimum atomic E-state index is -0.175. The molecule has 0 fully saturated rings. The third-order valence-corrected chi connectivity index (χ3v) is 2.46. The highest BCUT2D eigenvalue weighted by atomic mass is 16.5. The Kier molecular flexibility index (Phi) is 2.28. The Morgan fingerprint density at radius 3 is 2.79 bits per heavy atom. The van der Waals surface area contributed by atoms with Crippen LogP contribution in [0.1, 0.15) is 42.3 Å². The van der Waals surface area contributed by atoms with Gasteiger partial charge in [0.25, 0.3) is 0 Å². The summed E-state index contributed by atoms with van der Waals surface area (Å²) in [5, 5.41) is 0. The summed E-state index contributed by atoms with van der Waals surface area (Å²) >= 11 is 0. The average molecular weight is 190 g/mol. The summed E-state index contributed by atoms with van der Waals surface area (Å²) in [5.41, 5.74) is 1.78. The van der Waals surface area contributed by atoms with Gasteiger partial charge in [-0.3, -0.25) is 0 Å². The number of hydrogen-bond donors (Lipinski definition) is 0. The van der Waals surface area contributed by atoms with Crippen LogP contribution in [0.25, 0.3) is 0 Å². The third kappa shape index (κ3) is 1.52. The lowest BCUT2D eigenvalue weighted by atomic mass is 9.98. The van der Waals surface area contributed by atoms with Gasteiger partial charge in [-0.1, -0.05) is 32.0 Å². The SMILES string of the molecule is CC(C)CC1OC(=O)c2ccccc21. The molecule has 0 spiro atoms. The lowest BCUT2D eigenvalue weighted by Crippen LogP contribution is -2.02. The molecule has 14 heavy (non-hydrogen) atoms. The van der Waals surface area contributed by atoms with Crippen molar-refractivity contribution in [3.63, 3.8) is 0 Å². The molecule has 0 saturated carbocycles. The van der Waals surface area contributed by atoms with Gasteiger partial charge in [0.1, 0.15) is 6.10 Å². The lowest BCUT2D eigenvalue weighted by molar-refractivity contribution is 0.0343. The van der Waals surface area contributed by atoms with Crippen LogP contribution in [-0.2, 0) is 4.74 Å². The topological polar surface area (TPSA) is 26.3 Å². The first-order chi connectivity index (χ1) is 6.68.